The van der Waals surface area contributed by atoms with Crippen LogP contribution in [0.15, 0.2) is 27.8 Å². The van der Waals surface area contributed by atoms with Gasteiger partial charge >= 0.3 is 0 Å². The summed E-state index contributed by atoms with van der Waals surface area (Å²) in [7, 11) is 3.78. The van der Waals surface area contributed by atoms with Gasteiger partial charge in [0.15, 0.2) is 0 Å². The van der Waals surface area contributed by atoms with Gasteiger partial charge in [0.05, 0.1) is 0 Å². The molecule has 0 aliphatic carbocycles. The molecular weight excluding hydrogens is 308 g/mol. The lowest BCUT2D eigenvalue weighted by Gasteiger charge is -2.35. The van der Waals surface area contributed by atoms with Crippen molar-refractivity contribution >= 4 is 22.9 Å². The highest BCUT2D eigenvalue weighted by molar-refractivity contribution is 6.07. The van der Waals surface area contributed by atoms with Crippen LogP contribution in [-0.4, -0.2) is 64.7 Å². The predicted octanol–water partition coefficient (Wildman–Crippen LogP) is 0.605. The smallest absolute Gasteiger partial charge is 0.254 e. The van der Waals surface area contributed by atoms with Crippen molar-refractivity contribution in [3.05, 3.63) is 23.8 Å². The monoisotopic (exact) mass is 328 g/mol. The molecule has 8 nitrogen and oxygen atoms in total. The van der Waals surface area contributed by atoms with Gasteiger partial charge < -0.3 is 4.90 Å². The molecule has 2 aliphatic heterocycles. The second-order valence-electron chi connectivity index (χ2n) is 6.64. The van der Waals surface area contributed by atoms with Gasteiger partial charge in [-0.05, 0) is 34.8 Å². The van der Waals surface area contributed by atoms with Crippen molar-refractivity contribution in [2.75, 3.05) is 27.2 Å². The Balaban J connectivity index is 1.47. The minimum Gasteiger partial charge on any atom is -0.349 e. The number of guanidine groups is 1. The molecule has 1 saturated heterocycles. The Hall–Kier alpha value is -2.48. The fourth-order valence-electron chi connectivity index (χ4n) is 3.36. The van der Waals surface area contributed by atoms with Gasteiger partial charge in [0.1, 0.15) is 16.6 Å². The zero-order valence-electron chi connectivity index (χ0n) is 13.8. The number of likely N-dealkylation sites (tertiary alicyclic amines) is 1. The summed E-state index contributed by atoms with van der Waals surface area (Å²) in [6.45, 7) is 2.41. The number of fused-ring (bicyclic) bond motifs is 1. The molecule has 3 heterocycles. The Kier molecular flexibility index (Phi) is 3.49. The summed E-state index contributed by atoms with van der Waals surface area (Å²) in [5, 5.41) is 10.8. The van der Waals surface area contributed by atoms with Gasteiger partial charge in [0.2, 0.25) is 5.96 Å². The van der Waals surface area contributed by atoms with Crippen molar-refractivity contribution in [3.63, 3.8) is 0 Å². The summed E-state index contributed by atoms with van der Waals surface area (Å²) < 4.78 is 4.83. The molecule has 24 heavy (non-hydrogen) atoms. The molecule has 8 heteroatoms. The van der Waals surface area contributed by atoms with Crippen LogP contribution in [0.2, 0.25) is 0 Å². The topological polar surface area (TPSA) is 86.9 Å². The molecule has 0 atom stereocenters. The van der Waals surface area contributed by atoms with Crippen LogP contribution in [0.3, 0.4) is 0 Å². The zero-order valence-corrected chi connectivity index (χ0v) is 13.8. The van der Waals surface area contributed by atoms with Crippen LogP contribution in [0.5, 0.6) is 0 Å². The number of benzene rings is 1. The Labute approximate surface area is 139 Å². The van der Waals surface area contributed by atoms with E-state index in [-0.39, 0.29) is 5.91 Å². The first-order valence-electron chi connectivity index (χ1n) is 8.09. The van der Waals surface area contributed by atoms with E-state index in [0.29, 0.717) is 5.96 Å². The summed E-state index contributed by atoms with van der Waals surface area (Å²) in [5.41, 5.74) is 2.08. The van der Waals surface area contributed by atoms with E-state index in [1.807, 2.05) is 37.2 Å². The average Bonchev–Trinajstić information content (AvgIpc) is 3.16. The van der Waals surface area contributed by atoms with E-state index < -0.39 is 5.54 Å². The molecule has 126 valence electrons. The fourth-order valence-corrected chi connectivity index (χ4v) is 3.36. The van der Waals surface area contributed by atoms with Gasteiger partial charge in [-0.25, -0.2) is 9.62 Å². The average molecular weight is 328 g/mol. The van der Waals surface area contributed by atoms with Crippen molar-refractivity contribution in [3.8, 4) is 0 Å². The van der Waals surface area contributed by atoms with Crippen LogP contribution >= 0.6 is 0 Å². The normalized spacial score (nSPS) is 20.4. The zero-order chi connectivity index (χ0) is 16.7. The van der Waals surface area contributed by atoms with Crippen LogP contribution < -0.4 is 5.32 Å². The van der Waals surface area contributed by atoms with Gasteiger partial charge in [0.25, 0.3) is 5.91 Å². The minimum absolute atomic E-state index is 0.0219. The van der Waals surface area contributed by atoms with Crippen molar-refractivity contribution in [1.82, 2.24) is 25.4 Å². The van der Waals surface area contributed by atoms with Crippen LogP contribution in [-0.2, 0) is 11.3 Å². The maximum atomic E-state index is 12.4. The van der Waals surface area contributed by atoms with E-state index in [4.69, 9.17) is 4.63 Å². The number of piperidine rings is 1. The molecule has 1 spiro atoms. The van der Waals surface area contributed by atoms with Crippen molar-refractivity contribution in [2.24, 2.45) is 4.99 Å². The number of nitrogens with zero attached hydrogens (tertiary/aromatic N) is 5. The summed E-state index contributed by atoms with van der Waals surface area (Å²) in [5.74, 6) is 0.681. The van der Waals surface area contributed by atoms with E-state index >= 15 is 0 Å². The van der Waals surface area contributed by atoms with E-state index in [9.17, 15) is 4.79 Å². The third-order valence-corrected chi connectivity index (χ3v) is 4.84. The number of carbonyl (C=O) groups excluding carboxylic acids is 1. The Bertz CT molecular complexity index is 804. The Morgan fingerprint density at radius 2 is 2.08 bits per heavy atom. The summed E-state index contributed by atoms with van der Waals surface area (Å²) in [6.07, 6.45) is 1.45. The van der Waals surface area contributed by atoms with E-state index in [0.717, 1.165) is 49.1 Å². The molecule has 0 radical (unpaired) electrons. The lowest BCUT2D eigenvalue weighted by atomic mass is 9.88. The largest absolute Gasteiger partial charge is 0.349 e. The lowest BCUT2D eigenvalue weighted by Crippen LogP contribution is -2.49. The maximum absolute atomic E-state index is 12.4. The second kappa shape index (κ2) is 5.55. The molecule has 0 bridgehead atoms. The number of hydrogen-bond donors (Lipinski definition) is 1. The quantitative estimate of drug-likeness (QED) is 0.869. The van der Waals surface area contributed by atoms with Crippen molar-refractivity contribution < 1.29 is 9.42 Å². The highest BCUT2D eigenvalue weighted by atomic mass is 16.6. The van der Waals surface area contributed by atoms with Crippen LogP contribution in [0.25, 0.3) is 11.0 Å². The summed E-state index contributed by atoms with van der Waals surface area (Å²) in [4.78, 5) is 21.2. The van der Waals surface area contributed by atoms with Crippen LogP contribution in [0.4, 0.5) is 0 Å². The second-order valence-corrected chi connectivity index (χ2v) is 6.64. The predicted molar refractivity (Wildman–Crippen MR) is 88.3 cm³/mol. The summed E-state index contributed by atoms with van der Waals surface area (Å²) >= 11 is 0. The molecule has 1 aromatic carbocycles. The number of carbonyl (C=O) groups is 1. The van der Waals surface area contributed by atoms with Gasteiger partial charge in [-0.1, -0.05) is 12.1 Å². The van der Waals surface area contributed by atoms with Crippen molar-refractivity contribution in [2.45, 2.75) is 24.9 Å². The third-order valence-electron chi connectivity index (χ3n) is 4.84. The maximum Gasteiger partial charge on any atom is 0.254 e. The highest BCUT2D eigenvalue weighted by Gasteiger charge is 2.46. The number of hydrogen-bond acceptors (Lipinski definition) is 7. The lowest BCUT2D eigenvalue weighted by molar-refractivity contribution is -0.125. The standard InChI is InChI=1S/C16H20N6O2/c1-21(2)15-17-14(23)16(18-15)6-8-22(9-7-16)10-11-4-3-5-12-13(11)20-24-19-12/h3-5H,6-10H2,1-2H3,(H,17,18,23). The number of rotatable bonds is 2. The molecule has 1 aromatic heterocycles. The molecule has 1 N–H and O–H groups in total. The first-order chi connectivity index (χ1) is 11.6. The SMILES string of the molecule is CN(C)C1=NC2(CCN(Cc3cccc4nonc34)CC2)C(=O)N1. The highest BCUT2D eigenvalue weighted by Crippen LogP contribution is 2.31. The Morgan fingerprint density at radius 3 is 2.79 bits per heavy atom. The molecular formula is C16H20N6O2. The van der Waals surface area contributed by atoms with E-state index in [2.05, 4.69) is 25.5 Å². The fraction of sp³-hybridized carbons (Fsp3) is 0.500. The van der Waals surface area contributed by atoms with Gasteiger partial charge in [-0.15, -0.1) is 0 Å². The first-order valence-corrected chi connectivity index (χ1v) is 8.09. The van der Waals surface area contributed by atoms with E-state index in [1.54, 1.807) is 0 Å². The van der Waals surface area contributed by atoms with Crippen molar-refractivity contribution in [1.29, 1.82) is 0 Å². The first kappa shape index (κ1) is 15.1. The number of amides is 1. The third kappa shape index (κ3) is 2.43. The number of aliphatic imine (C=N–C) groups is 1. The van der Waals surface area contributed by atoms with E-state index in [1.165, 1.54) is 0 Å². The molecule has 0 unspecified atom stereocenters. The molecule has 2 aliphatic rings. The molecule has 4 rings (SSSR count). The summed E-state index contributed by atoms with van der Waals surface area (Å²) in [6, 6.07) is 5.90. The van der Waals surface area contributed by atoms with Gasteiger partial charge in [-0.3, -0.25) is 15.0 Å². The van der Waals surface area contributed by atoms with Crippen LogP contribution in [0.1, 0.15) is 18.4 Å². The van der Waals surface area contributed by atoms with Crippen LogP contribution in [0, 0.1) is 0 Å². The minimum atomic E-state index is -0.600. The molecule has 1 amide bonds. The van der Waals surface area contributed by atoms with Gasteiger partial charge in [-0.2, -0.15) is 0 Å². The molecule has 1 fully saturated rings. The molecule has 2 aromatic rings. The number of nitrogens with one attached hydrogen (secondary N) is 1. The number of aromatic nitrogens is 2. The molecule has 0 saturated carbocycles. The van der Waals surface area contributed by atoms with Gasteiger partial charge in [0, 0.05) is 33.7 Å². The Morgan fingerprint density at radius 1 is 1.29 bits per heavy atom.